The largest absolute Gasteiger partial charge is 0.481 e. The molecule has 120 valence electrons. The molecule has 0 radical (unpaired) electrons. The van der Waals surface area contributed by atoms with Crippen molar-refractivity contribution in [2.45, 2.75) is 33.3 Å². The average Bonchev–Trinajstić information content (AvgIpc) is 2.94. The van der Waals surface area contributed by atoms with Gasteiger partial charge in [-0.05, 0) is 31.4 Å². The Morgan fingerprint density at radius 2 is 1.86 bits per heavy atom. The van der Waals surface area contributed by atoms with Crippen LogP contribution in [0, 0.1) is 11.3 Å². The standard InChI is InChI=1S/C17H23NO4/c1-12(2)17(16(20)21)9-10-18(11-17)15(19)13(3)22-14-7-5-4-6-8-14/h4-8,12-13H,9-11H2,1-3H3,(H,20,21). The average molecular weight is 305 g/mol. The predicted octanol–water partition coefficient (Wildman–Crippen LogP) is 2.41. The highest BCUT2D eigenvalue weighted by Gasteiger charge is 2.49. The van der Waals surface area contributed by atoms with Crippen LogP contribution in [0.15, 0.2) is 30.3 Å². The smallest absolute Gasteiger partial charge is 0.311 e. The van der Waals surface area contributed by atoms with Gasteiger partial charge < -0.3 is 14.7 Å². The molecule has 0 aliphatic carbocycles. The van der Waals surface area contributed by atoms with Crippen molar-refractivity contribution in [1.29, 1.82) is 0 Å². The Morgan fingerprint density at radius 1 is 1.23 bits per heavy atom. The van der Waals surface area contributed by atoms with Gasteiger partial charge in [-0.3, -0.25) is 9.59 Å². The molecule has 1 N–H and O–H groups in total. The van der Waals surface area contributed by atoms with Crippen LogP contribution >= 0.6 is 0 Å². The van der Waals surface area contributed by atoms with E-state index in [-0.39, 0.29) is 18.4 Å². The summed E-state index contributed by atoms with van der Waals surface area (Å²) in [6, 6.07) is 9.16. The monoisotopic (exact) mass is 305 g/mol. The lowest BCUT2D eigenvalue weighted by molar-refractivity contribution is -0.151. The Morgan fingerprint density at radius 3 is 2.36 bits per heavy atom. The number of rotatable bonds is 5. The number of ether oxygens (including phenoxy) is 1. The lowest BCUT2D eigenvalue weighted by atomic mass is 9.76. The highest BCUT2D eigenvalue weighted by molar-refractivity contribution is 5.83. The number of carbonyl (C=O) groups is 2. The van der Waals surface area contributed by atoms with E-state index in [1.165, 1.54) is 0 Å². The Balaban J connectivity index is 2.03. The zero-order chi connectivity index (χ0) is 16.3. The van der Waals surface area contributed by atoms with E-state index in [2.05, 4.69) is 0 Å². The number of hydrogen-bond acceptors (Lipinski definition) is 3. The van der Waals surface area contributed by atoms with Crippen LogP contribution in [-0.2, 0) is 9.59 Å². The second kappa shape index (κ2) is 6.38. The van der Waals surface area contributed by atoms with Gasteiger partial charge in [0.25, 0.3) is 5.91 Å². The fourth-order valence-corrected chi connectivity index (χ4v) is 2.92. The van der Waals surface area contributed by atoms with Crippen molar-refractivity contribution >= 4 is 11.9 Å². The lowest BCUT2D eigenvalue weighted by Crippen LogP contribution is -2.44. The van der Waals surface area contributed by atoms with Gasteiger partial charge in [-0.15, -0.1) is 0 Å². The van der Waals surface area contributed by atoms with Crippen LogP contribution in [0.5, 0.6) is 5.75 Å². The van der Waals surface area contributed by atoms with E-state index in [9.17, 15) is 14.7 Å². The van der Waals surface area contributed by atoms with Gasteiger partial charge >= 0.3 is 5.97 Å². The summed E-state index contributed by atoms with van der Waals surface area (Å²) in [5, 5.41) is 9.54. The topological polar surface area (TPSA) is 66.8 Å². The Labute approximate surface area is 130 Å². The maximum atomic E-state index is 12.5. The summed E-state index contributed by atoms with van der Waals surface area (Å²) in [6.45, 7) is 6.20. The summed E-state index contributed by atoms with van der Waals surface area (Å²) in [5.41, 5.74) is -0.845. The maximum Gasteiger partial charge on any atom is 0.311 e. The van der Waals surface area contributed by atoms with Crippen molar-refractivity contribution in [2.24, 2.45) is 11.3 Å². The normalized spacial score (nSPS) is 22.6. The summed E-state index contributed by atoms with van der Waals surface area (Å²) in [5.74, 6) is -0.369. The number of nitrogens with zero attached hydrogens (tertiary/aromatic N) is 1. The highest BCUT2D eigenvalue weighted by atomic mass is 16.5. The minimum absolute atomic E-state index is 0.0202. The highest BCUT2D eigenvalue weighted by Crippen LogP contribution is 2.38. The Kier molecular flexibility index (Phi) is 4.74. The maximum absolute atomic E-state index is 12.5. The second-order valence-electron chi connectivity index (χ2n) is 6.20. The molecule has 1 heterocycles. The molecule has 22 heavy (non-hydrogen) atoms. The van der Waals surface area contributed by atoms with Gasteiger partial charge in [-0.25, -0.2) is 0 Å². The van der Waals surface area contributed by atoms with Crippen molar-refractivity contribution in [1.82, 2.24) is 4.90 Å². The number of carbonyl (C=O) groups excluding carboxylic acids is 1. The molecule has 0 bridgehead atoms. The number of para-hydroxylation sites is 1. The van der Waals surface area contributed by atoms with Gasteiger partial charge in [0.2, 0.25) is 0 Å². The molecule has 1 fully saturated rings. The first-order valence-electron chi connectivity index (χ1n) is 7.60. The SMILES string of the molecule is CC(Oc1ccccc1)C(=O)N1CCC(C(=O)O)(C(C)C)C1. The van der Waals surface area contributed by atoms with Crippen LogP contribution in [0.3, 0.4) is 0 Å². The summed E-state index contributed by atoms with van der Waals surface area (Å²) >= 11 is 0. The lowest BCUT2D eigenvalue weighted by Gasteiger charge is -2.29. The summed E-state index contributed by atoms with van der Waals surface area (Å²) < 4.78 is 5.64. The zero-order valence-corrected chi connectivity index (χ0v) is 13.3. The third-order valence-electron chi connectivity index (χ3n) is 4.55. The van der Waals surface area contributed by atoms with Crippen LogP contribution in [0.4, 0.5) is 0 Å². The first-order chi connectivity index (χ1) is 10.4. The molecule has 2 unspecified atom stereocenters. The van der Waals surface area contributed by atoms with E-state index >= 15 is 0 Å². The molecular formula is C17H23NO4. The molecule has 1 saturated heterocycles. The van der Waals surface area contributed by atoms with Gasteiger partial charge in [0.15, 0.2) is 6.10 Å². The molecule has 0 spiro atoms. The number of hydrogen-bond donors (Lipinski definition) is 1. The Bertz CT molecular complexity index is 543. The quantitative estimate of drug-likeness (QED) is 0.907. The van der Waals surface area contributed by atoms with E-state index in [1.807, 2.05) is 32.0 Å². The van der Waals surface area contributed by atoms with Crippen molar-refractivity contribution < 1.29 is 19.4 Å². The molecule has 1 aromatic carbocycles. The van der Waals surface area contributed by atoms with E-state index in [0.29, 0.717) is 18.7 Å². The van der Waals surface area contributed by atoms with Gasteiger partial charge in [0.1, 0.15) is 5.75 Å². The van der Waals surface area contributed by atoms with Gasteiger partial charge in [-0.2, -0.15) is 0 Å². The molecule has 1 aliphatic rings. The summed E-state index contributed by atoms with van der Waals surface area (Å²) in [4.78, 5) is 25.7. The van der Waals surface area contributed by atoms with E-state index in [0.717, 1.165) is 0 Å². The number of likely N-dealkylation sites (tertiary alicyclic amines) is 1. The number of carboxylic acid groups (broad SMARTS) is 1. The fourth-order valence-electron chi connectivity index (χ4n) is 2.92. The minimum atomic E-state index is -0.845. The molecule has 5 nitrogen and oxygen atoms in total. The van der Waals surface area contributed by atoms with Crippen LogP contribution < -0.4 is 4.74 Å². The van der Waals surface area contributed by atoms with Gasteiger partial charge in [0.05, 0.1) is 5.41 Å². The molecule has 0 saturated carbocycles. The Hall–Kier alpha value is -2.04. The molecule has 2 rings (SSSR count). The van der Waals surface area contributed by atoms with E-state index in [4.69, 9.17) is 4.74 Å². The van der Waals surface area contributed by atoms with E-state index < -0.39 is 17.5 Å². The van der Waals surface area contributed by atoms with Gasteiger partial charge in [-0.1, -0.05) is 32.0 Å². The second-order valence-corrected chi connectivity index (χ2v) is 6.20. The minimum Gasteiger partial charge on any atom is -0.481 e. The van der Waals surface area contributed by atoms with Crippen LogP contribution in [0.2, 0.25) is 0 Å². The summed E-state index contributed by atoms with van der Waals surface area (Å²) in [7, 11) is 0. The van der Waals surface area contributed by atoms with Crippen LogP contribution in [-0.4, -0.2) is 41.1 Å². The number of amides is 1. The predicted molar refractivity (Wildman–Crippen MR) is 82.6 cm³/mol. The third kappa shape index (κ3) is 3.08. The molecule has 1 amide bonds. The van der Waals surface area contributed by atoms with Crippen molar-refractivity contribution in [3.8, 4) is 5.75 Å². The van der Waals surface area contributed by atoms with E-state index in [1.54, 1.807) is 24.0 Å². The van der Waals surface area contributed by atoms with Crippen LogP contribution in [0.25, 0.3) is 0 Å². The van der Waals surface area contributed by atoms with Crippen molar-refractivity contribution in [3.05, 3.63) is 30.3 Å². The molecule has 2 atom stereocenters. The van der Waals surface area contributed by atoms with Crippen molar-refractivity contribution in [2.75, 3.05) is 13.1 Å². The van der Waals surface area contributed by atoms with Gasteiger partial charge in [0, 0.05) is 13.1 Å². The molecular weight excluding hydrogens is 282 g/mol. The van der Waals surface area contributed by atoms with Crippen molar-refractivity contribution in [3.63, 3.8) is 0 Å². The molecule has 1 aliphatic heterocycles. The third-order valence-corrected chi connectivity index (χ3v) is 4.55. The number of benzene rings is 1. The first kappa shape index (κ1) is 16.3. The molecule has 1 aromatic rings. The number of carboxylic acids is 1. The summed E-state index contributed by atoms with van der Waals surface area (Å²) in [6.07, 6.45) is -0.136. The molecule has 0 aromatic heterocycles. The van der Waals surface area contributed by atoms with Crippen LogP contribution in [0.1, 0.15) is 27.2 Å². The fraction of sp³-hybridized carbons (Fsp3) is 0.529. The number of aliphatic carboxylic acids is 1. The zero-order valence-electron chi connectivity index (χ0n) is 13.3. The first-order valence-corrected chi connectivity index (χ1v) is 7.60. The molecule has 5 heteroatoms.